The fraction of sp³-hybridized carbons (Fsp3) is 0.320. The van der Waals surface area contributed by atoms with Gasteiger partial charge in [0.25, 0.3) is 5.91 Å². The molecular weight excluding hydrogens is 444 g/mol. The largest absolute Gasteiger partial charge is 0.492 e. The highest BCUT2D eigenvalue weighted by atomic mass is 35.5. The van der Waals surface area contributed by atoms with Crippen LogP contribution in [-0.4, -0.2) is 43.7 Å². The van der Waals surface area contributed by atoms with E-state index in [0.29, 0.717) is 23.1 Å². The van der Waals surface area contributed by atoms with Gasteiger partial charge in [-0.25, -0.2) is 0 Å². The predicted octanol–water partition coefficient (Wildman–Crippen LogP) is 6.12. The van der Waals surface area contributed by atoms with Crippen molar-refractivity contribution in [1.29, 1.82) is 0 Å². The molecule has 170 valence electrons. The zero-order chi connectivity index (χ0) is 22.9. The summed E-state index contributed by atoms with van der Waals surface area (Å²) in [6.45, 7) is 9.67. The molecular formula is C25H29ClN2O3S. The lowest BCUT2D eigenvalue weighted by molar-refractivity contribution is -0.118. The number of likely N-dealkylation sites (N-methyl/N-ethyl adjacent to an activating group) is 1. The molecule has 0 saturated heterocycles. The van der Waals surface area contributed by atoms with Crippen molar-refractivity contribution in [2.45, 2.75) is 20.8 Å². The number of benzene rings is 2. The molecule has 5 nitrogen and oxygen atoms in total. The maximum Gasteiger partial charge on any atom is 0.262 e. The number of anilines is 1. The average Bonchev–Trinajstić information content (AvgIpc) is 3.32. The molecule has 3 rings (SSSR count). The van der Waals surface area contributed by atoms with Crippen LogP contribution < -0.4 is 14.8 Å². The minimum atomic E-state index is -0.252. The molecule has 2 aromatic carbocycles. The van der Waals surface area contributed by atoms with E-state index in [1.807, 2.05) is 54.8 Å². The van der Waals surface area contributed by atoms with E-state index in [9.17, 15) is 4.79 Å². The Morgan fingerprint density at radius 1 is 1.06 bits per heavy atom. The lowest BCUT2D eigenvalue weighted by Crippen LogP contribution is -2.28. The Kier molecular flexibility index (Phi) is 8.97. The van der Waals surface area contributed by atoms with E-state index in [2.05, 4.69) is 24.1 Å². The number of rotatable bonds is 11. The molecule has 1 heterocycles. The van der Waals surface area contributed by atoms with E-state index in [1.54, 1.807) is 17.4 Å². The average molecular weight is 473 g/mol. The number of carbonyl (C=O) groups excluding carboxylic acids is 1. The molecule has 0 aliphatic carbocycles. The van der Waals surface area contributed by atoms with Crippen LogP contribution in [0.5, 0.6) is 11.5 Å². The summed E-state index contributed by atoms with van der Waals surface area (Å²) in [6, 6.07) is 15.2. The van der Waals surface area contributed by atoms with Gasteiger partial charge in [-0.05, 0) is 79.0 Å². The third-order valence-electron chi connectivity index (χ3n) is 5.11. The number of hydrogen-bond donors (Lipinski definition) is 1. The van der Waals surface area contributed by atoms with E-state index in [4.69, 9.17) is 21.1 Å². The number of halogens is 1. The summed E-state index contributed by atoms with van der Waals surface area (Å²) < 4.78 is 11.5. The molecule has 0 unspecified atom stereocenters. The molecule has 0 spiro atoms. The van der Waals surface area contributed by atoms with Crippen molar-refractivity contribution in [2.24, 2.45) is 0 Å². The van der Waals surface area contributed by atoms with Gasteiger partial charge in [0.05, 0.1) is 5.02 Å². The van der Waals surface area contributed by atoms with Gasteiger partial charge in [0.15, 0.2) is 6.61 Å². The van der Waals surface area contributed by atoms with E-state index in [0.717, 1.165) is 41.4 Å². The predicted molar refractivity (Wildman–Crippen MR) is 133 cm³/mol. The number of ether oxygens (including phenoxy) is 2. The molecule has 0 radical (unpaired) electrons. The Bertz CT molecular complexity index is 1020. The second-order valence-corrected chi connectivity index (χ2v) is 8.67. The summed E-state index contributed by atoms with van der Waals surface area (Å²) in [6.07, 6.45) is 0. The normalized spacial score (nSPS) is 10.9. The van der Waals surface area contributed by atoms with E-state index < -0.39 is 0 Å². The van der Waals surface area contributed by atoms with Crippen LogP contribution in [-0.2, 0) is 4.79 Å². The van der Waals surface area contributed by atoms with Crippen molar-refractivity contribution >= 4 is 34.5 Å². The smallest absolute Gasteiger partial charge is 0.262 e. The maximum absolute atomic E-state index is 12.3. The zero-order valence-electron chi connectivity index (χ0n) is 18.7. The van der Waals surface area contributed by atoms with Gasteiger partial charge in [0, 0.05) is 17.1 Å². The van der Waals surface area contributed by atoms with E-state index in [1.165, 1.54) is 0 Å². The molecule has 0 atom stereocenters. The molecule has 0 fully saturated rings. The maximum atomic E-state index is 12.3. The molecule has 1 amide bonds. The van der Waals surface area contributed by atoms with Crippen molar-refractivity contribution in [3.63, 3.8) is 0 Å². The van der Waals surface area contributed by atoms with E-state index >= 15 is 0 Å². The van der Waals surface area contributed by atoms with Crippen LogP contribution in [0.15, 0.2) is 53.9 Å². The Morgan fingerprint density at radius 3 is 2.50 bits per heavy atom. The fourth-order valence-electron chi connectivity index (χ4n) is 3.27. The van der Waals surface area contributed by atoms with Gasteiger partial charge < -0.3 is 19.7 Å². The number of hydrogen-bond acceptors (Lipinski definition) is 5. The lowest BCUT2D eigenvalue weighted by atomic mass is 10.2. The molecule has 0 aliphatic rings. The Morgan fingerprint density at radius 2 is 1.84 bits per heavy atom. The monoisotopic (exact) mass is 472 g/mol. The highest BCUT2D eigenvalue weighted by molar-refractivity contribution is 7.13. The first-order valence-corrected chi connectivity index (χ1v) is 12.0. The fourth-order valence-corrected chi connectivity index (χ4v) is 4.23. The molecule has 0 saturated carbocycles. The quantitative estimate of drug-likeness (QED) is 0.365. The van der Waals surface area contributed by atoms with Gasteiger partial charge >= 0.3 is 0 Å². The van der Waals surface area contributed by atoms with Crippen LogP contribution in [0.25, 0.3) is 10.4 Å². The van der Waals surface area contributed by atoms with Crippen LogP contribution in [0, 0.1) is 6.92 Å². The minimum absolute atomic E-state index is 0.126. The van der Waals surface area contributed by atoms with Crippen LogP contribution in [0.4, 0.5) is 5.69 Å². The van der Waals surface area contributed by atoms with Crippen molar-refractivity contribution < 1.29 is 14.3 Å². The molecule has 1 N–H and O–H groups in total. The molecule has 0 aliphatic heterocycles. The highest BCUT2D eigenvalue weighted by Gasteiger charge is 2.10. The number of amides is 1. The summed E-state index contributed by atoms with van der Waals surface area (Å²) in [7, 11) is 0. The first kappa shape index (κ1) is 24.1. The SMILES string of the molecule is CCN(CC)CCOc1ccc(NC(=O)COc2ccc(-c3cccs3)cc2Cl)cc1C. The second-order valence-electron chi connectivity index (χ2n) is 7.31. The van der Waals surface area contributed by atoms with Gasteiger partial charge in [-0.3, -0.25) is 4.79 Å². The van der Waals surface area contributed by atoms with Crippen LogP contribution in [0.2, 0.25) is 5.02 Å². The standard InChI is InChI=1S/C25H29ClN2O3S/c1-4-28(5-2)12-13-30-22-11-9-20(15-18(22)3)27-25(29)17-31-23-10-8-19(16-21(23)26)24-7-6-14-32-24/h6-11,14-16H,4-5,12-13,17H2,1-3H3,(H,27,29). The van der Waals surface area contributed by atoms with Crippen molar-refractivity contribution in [3.8, 4) is 21.9 Å². The van der Waals surface area contributed by atoms with Crippen LogP contribution in [0.1, 0.15) is 19.4 Å². The number of nitrogens with zero attached hydrogens (tertiary/aromatic N) is 1. The zero-order valence-corrected chi connectivity index (χ0v) is 20.3. The third kappa shape index (κ3) is 6.73. The minimum Gasteiger partial charge on any atom is -0.492 e. The molecule has 32 heavy (non-hydrogen) atoms. The number of nitrogens with one attached hydrogen (secondary N) is 1. The third-order valence-corrected chi connectivity index (χ3v) is 6.33. The van der Waals surface area contributed by atoms with E-state index in [-0.39, 0.29) is 12.5 Å². The molecule has 1 aromatic heterocycles. The number of thiophene rings is 1. The second kappa shape index (κ2) is 11.9. The highest BCUT2D eigenvalue weighted by Crippen LogP contribution is 2.32. The number of carbonyl (C=O) groups is 1. The molecule has 0 bridgehead atoms. The first-order valence-electron chi connectivity index (χ1n) is 10.7. The van der Waals surface area contributed by atoms with Crippen molar-refractivity contribution in [2.75, 3.05) is 38.2 Å². The summed E-state index contributed by atoms with van der Waals surface area (Å²) in [5.74, 6) is 1.05. The summed E-state index contributed by atoms with van der Waals surface area (Å²) in [4.78, 5) is 15.8. The molecule has 3 aromatic rings. The van der Waals surface area contributed by atoms with Gasteiger partial charge in [-0.2, -0.15) is 0 Å². The van der Waals surface area contributed by atoms with Gasteiger partial charge in [-0.1, -0.05) is 31.5 Å². The van der Waals surface area contributed by atoms with Gasteiger partial charge in [0.2, 0.25) is 0 Å². The Balaban J connectivity index is 1.50. The Labute approximate surface area is 198 Å². The summed E-state index contributed by atoms with van der Waals surface area (Å²) in [5, 5.41) is 5.35. The lowest BCUT2D eigenvalue weighted by Gasteiger charge is -2.18. The van der Waals surface area contributed by atoms with Crippen molar-refractivity contribution in [1.82, 2.24) is 4.90 Å². The van der Waals surface area contributed by atoms with Gasteiger partial charge in [-0.15, -0.1) is 11.3 Å². The Hall–Kier alpha value is -2.54. The summed E-state index contributed by atoms with van der Waals surface area (Å²) >= 11 is 7.98. The first-order chi connectivity index (χ1) is 15.5. The topological polar surface area (TPSA) is 50.8 Å². The number of aryl methyl sites for hydroxylation is 1. The molecule has 7 heteroatoms. The van der Waals surface area contributed by atoms with Crippen LogP contribution in [0.3, 0.4) is 0 Å². The van der Waals surface area contributed by atoms with Crippen molar-refractivity contribution in [3.05, 3.63) is 64.5 Å². The van der Waals surface area contributed by atoms with Gasteiger partial charge in [0.1, 0.15) is 18.1 Å². The van der Waals surface area contributed by atoms with Crippen LogP contribution >= 0.6 is 22.9 Å². The summed E-state index contributed by atoms with van der Waals surface area (Å²) in [5.41, 5.74) is 2.69.